The molecule has 1 amide bonds. The lowest BCUT2D eigenvalue weighted by atomic mass is 10.2. The van der Waals surface area contributed by atoms with Gasteiger partial charge in [-0.3, -0.25) is 14.9 Å². The summed E-state index contributed by atoms with van der Waals surface area (Å²) in [6.45, 7) is 2.18. The van der Waals surface area contributed by atoms with Crippen LogP contribution < -0.4 is 10.2 Å². The summed E-state index contributed by atoms with van der Waals surface area (Å²) in [6, 6.07) is 1.02. The van der Waals surface area contributed by atoms with Crippen molar-refractivity contribution >= 4 is 27.9 Å². The van der Waals surface area contributed by atoms with Crippen LogP contribution in [0.3, 0.4) is 0 Å². The minimum atomic E-state index is -0.756. The van der Waals surface area contributed by atoms with Gasteiger partial charge in [0, 0.05) is 24.5 Å². The lowest BCUT2D eigenvalue weighted by Gasteiger charge is -2.23. The predicted octanol–water partition coefficient (Wildman–Crippen LogP) is 1.42. The van der Waals surface area contributed by atoms with Crippen molar-refractivity contribution in [3.05, 3.63) is 21.1 Å². The molecule has 110 valence electrons. The third-order valence-corrected chi connectivity index (χ3v) is 4.72. The second kappa shape index (κ2) is 5.76. The number of amides is 1. The van der Waals surface area contributed by atoms with Gasteiger partial charge in [0.05, 0.1) is 11.0 Å². The quantitative estimate of drug-likeness (QED) is 0.647. The Morgan fingerprint density at radius 2 is 2.40 bits per heavy atom. The molecule has 2 atom stereocenters. The van der Waals surface area contributed by atoms with Gasteiger partial charge in [0.2, 0.25) is 5.91 Å². The molecule has 2 rings (SSSR count). The second-order valence-corrected chi connectivity index (χ2v) is 5.80. The van der Waals surface area contributed by atoms with E-state index in [-0.39, 0.29) is 17.6 Å². The van der Waals surface area contributed by atoms with E-state index in [1.807, 2.05) is 0 Å². The summed E-state index contributed by atoms with van der Waals surface area (Å²) in [4.78, 5) is 24.9. The molecule has 0 radical (unpaired) electrons. The average molecular weight is 299 g/mol. The summed E-state index contributed by atoms with van der Waals surface area (Å²) in [7, 11) is 1.56. The molecule has 2 N–H and O–H groups in total. The molecule has 0 saturated carbocycles. The minimum absolute atomic E-state index is 0.0401. The Hall–Kier alpha value is -1.67. The summed E-state index contributed by atoms with van der Waals surface area (Å²) >= 11 is 1.18. The van der Waals surface area contributed by atoms with Gasteiger partial charge in [0.15, 0.2) is 5.00 Å². The van der Waals surface area contributed by atoms with Crippen LogP contribution in [0.2, 0.25) is 0 Å². The highest BCUT2D eigenvalue weighted by Gasteiger charge is 2.36. The fourth-order valence-electron chi connectivity index (χ4n) is 2.38. The van der Waals surface area contributed by atoms with Gasteiger partial charge in [-0.2, -0.15) is 0 Å². The van der Waals surface area contributed by atoms with E-state index in [9.17, 15) is 20.0 Å². The SMILES string of the molecule is CNC(=O)C1CCCN1c1sc([C@@H](C)O)cc1[N+](=O)[O-]. The van der Waals surface area contributed by atoms with E-state index < -0.39 is 11.0 Å². The lowest BCUT2D eigenvalue weighted by Crippen LogP contribution is -2.41. The Kier molecular flexibility index (Phi) is 4.24. The fourth-order valence-corrected chi connectivity index (χ4v) is 3.52. The van der Waals surface area contributed by atoms with E-state index in [0.29, 0.717) is 22.8 Å². The molecule has 1 unspecified atom stereocenters. The zero-order chi connectivity index (χ0) is 14.9. The molecular formula is C12H17N3O4S. The van der Waals surface area contributed by atoms with Crippen LogP contribution in [0.15, 0.2) is 6.07 Å². The van der Waals surface area contributed by atoms with Crippen molar-refractivity contribution in [3.8, 4) is 0 Å². The molecule has 2 heterocycles. The molecule has 1 aromatic rings. The molecule has 0 spiro atoms. The van der Waals surface area contributed by atoms with Gasteiger partial charge in [0.1, 0.15) is 6.04 Å². The van der Waals surface area contributed by atoms with Crippen LogP contribution in [0.4, 0.5) is 10.7 Å². The first-order valence-electron chi connectivity index (χ1n) is 6.40. The third-order valence-electron chi connectivity index (χ3n) is 3.38. The average Bonchev–Trinajstić information content (AvgIpc) is 3.03. The first kappa shape index (κ1) is 14.7. The predicted molar refractivity (Wildman–Crippen MR) is 76.0 cm³/mol. The number of hydrogen-bond donors (Lipinski definition) is 2. The van der Waals surface area contributed by atoms with Gasteiger partial charge in [-0.25, -0.2) is 0 Å². The maximum absolute atomic E-state index is 11.9. The molecule has 0 aromatic carbocycles. The van der Waals surface area contributed by atoms with E-state index >= 15 is 0 Å². The normalized spacial score (nSPS) is 19.9. The van der Waals surface area contributed by atoms with E-state index in [1.165, 1.54) is 17.4 Å². The number of hydrogen-bond acceptors (Lipinski definition) is 6. The summed E-state index contributed by atoms with van der Waals surface area (Å²) in [5, 5.41) is 23.8. The van der Waals surface area contributed by atoms with Gasteiger partial charge in [-0.05, 0) is 19.8 Å². The molecule has 1 saturated heterocycles. The van der Waals surface area contributed by atoms with Crippen molar-refractivity contribution < 1.29 is 14.8 Å². The highest BCUT2D eigenvalue weighted by atomic mass is 32.1. The van der Waals surface area contributed by atoms with Gasteiger partial charge in [0.25, 0.3) is 0 Å². The van der Waals surface area contributed by atoms with Crippen LogP contribution in [0.5, 0.6) is 0 Å². The van der Waals surface area contributed by atoms with Crippen molar-refractivity contribution in [2.45, 2.75) is 31.9 Å². The maximum atomic E-state index is 11.9. The number of nitrogens with zero attached hydrogens (tertiary/aromatic N) is 2. The van der Waals surface area contributed by atoms with Crippen molar-refractivity contribution in [1.29, 1.82) is 0 Å². The van der Waals surface area contributed by atoms with Crippen LogP contribution in [0, 0.1) is 10.1 Å². The van der Waals surface area contributed by atoms with E-state index in [2.05, 4.69) is 5.32 Å². The Morgan fingerprint density at radius 3 is 2.95 bits per heavy atom. The lowest BCUT2D eigenvalue weighted by molar-refractivity contribution is -0.383. The number of likely N-dealkylation sites (N-methyl/N-ethyl adjacent to an activating group) is 1. The van der Waals surface area contributed by atoms with Crippen LogP contribution in [-0.2, 0) is 4.79 Å². The Bertz CT molecular complexity index is 529. The maximum Gasteiger partial charge on any atom is 0.304 e. The Morgan fingerprint density at radius 1 is 1.70 bits per heavy atom. The van der Waals surface area contributed by atoms with Gasteiger partial charge in [-0.15, -0.1) is 11.3 Å². The smallest absolute Gasteiger partial charge is 0.304 e. The van der Waals surface area contributed by atoms with Crippen molar-refractivity contribution in [1.82, 2.24) is 5.32 Å². The number of carbonyl (C=O) groups excluding carboxylic acids is 1. The van der Waals surface area contributed by atoms with Crippen LogP contribution in [-0.4, -0.2) is 35.6 Å². The summed E-state index contributed by atoms with van der Waals surface area (Å²) in [5.41, 5.74) is -0.0401. The minimum Gasteiger partial charge on any atom is -0.388 e. The van der Waals surface area contributed by atoms with Crippen LogP contribution in [0.25, 0.3) is 0 Å². The van der Waals surface area contributed by atoms with Gasteiger partial charge < -0.3 is 15.3 Å². The third kappa shape index (κ3) is 2.61. The Labute approximate surface area is 120 Å². The van der Waals surface area contributed by atoms with Crippen molar-refractivity contribution in [2.24, 2.45) is 0 Å². The second-order valence-electron chi connectivity index (χ2n) is 4.74. The summed E-state index contributed by atoms with van der Waals surface area (Å²) in [5.74, 6) is -0.135. The molecule has 20 heavy (non-hydrogen) atoms. The highest BCUT2D eigenvalue weighted by Crippen LogP contribution is 2.42. The standard InChI is InChI=1S/C12H17N3O4S/c1-7(16)10-6-9(15(18)19)12(20-10)14-5-3-4-8(14)11(17)13-2/h6-8,16H,3-5H2,1-2H3,(H,13,17)/t7-,8?/m1/s1. The highest BCUT2D eigenvalue weighted by molar-refractivity contribution is 7.16. The Balaban J connectivity index is 2.40. The number of thiophene rings is 1. The van der Waals surface area contributed by atoms with Gasteiger partial charge in [-0.1, -0.05) is 0 Å². The number of rotatable bonds is 4. The monoisotopic (exact) mass is 299 g/mol. The van der Waals surface area contributed by atoms with E-state index in [1.54, 1.807) is 18.9 Å². The van der Waals surface area contributed by atoms with E-state index in [0.717, 1.165) is 6.42 Å². The number of carbonyl (C=O) groups is 1. The largest absolute Gasteiger partial charge is 0.388 e. The number of aliphatic hydroxyl groups is 1. The molecule has 1 aliphatic rings. The number of nitro groups is 1. The molecule has 1 aromatic heterocycles. The number of aliphatic hydroxyl groups excluding tert-OH is 1. The molecule has 1 fully saturated rings. The van der Waals surface area contributed by atoms with Crippen LogP contribution >= 0.6 is 11.3 Å². The molecule has 8 heteroatoms. The zero-order valence-electron chi connectivity index (χ0n) is 11.3. The van der Waals surface area contributed by atoms with Gasteiger partial charge >= 0.3 is 5.69 Å². The van der Waals surface area contributed by atoms with Crippen LogP contribution in [0.1, 0.15) is 30.7 Å². The van der Waals surface area contributed by atoms with Crippen molar-refractivity contribution in [3.63, 3.8) is 0 Å². The zero-order valence-corrected chi connectivity index (χ0v) is 12.1. The first-order valence-corrected chi connectivity index (χ1v) is 7.21. The molecule has 1 aliphatic heterocycles. The number of anilines is 1. The molecule has 0 bridgehead atoms. The van der Waals surface area contributed by atoms with Crippen molar-refractivity contribution in [2.75, 3.05) is 18.5 Å². The topological polar surface area (TPSA) is 95.7 Å². The molecule has 7 nitrogen and oxygen atoms in total. The first-order chi connectivity index (χ1) is 9.45. The van der Waals surface area contributed by atoms with E-state index in [4.69, 9.17) is 0 Å². The molecular weight excluding hydrogens is 282 g/mol. The molecule has 0 aliphatic carbocycles. The summed E-state index contributed by atoms with van der Waals surface area (Å²) < 4.78 is 0. The fraction of sp³-hybridized carbons (Fsp3) is 0.583. The summed E-state index contributed by atoms with van der Waals surface area (Å²) in [6.07, 6.45) is 0.740. The number of nitrogens with one attached hydrogen (secondary N) is 1.